The van der Waals surface area contributed by atoms with Crippen molar-refractivity contribution in [3.63, 3.8) is 0 Å². The summed E-state index contributed by atoms with van der Waals surface area (Å²) < 4.78 is 37.1. The summed E-state index contributed by atoms with van der Waals surface area (Å²) >= 11 is 0. The van der Waals surface area contributed by atoms with E-state index in [9.17, 15) is 8.78 Å². The Morgan fingerprint density at radius 3 is 2.57 bits per heavy atom. The fourth-order valence-corrected chi connectivity index (χ4v) is 2.00. The summed E-state index contributed by atoms with van der Waals surface area (Å²) in [6, 6.07) is 9.29. The predicted molar refractivity (Wildman–Crippen MR) is 76.4 cm³/mol. The zero-order valence-corrected chi connectivity index (χ0v) is 12.0. The van der Waals surface area contributed by atoms with E-state index in [1.165, 1.54) is 6.07 Å². The van der Waals surface area contributed by atoms with Gasteiger partial charge < -0.3 is 14.8 Å². The predicted octanol–water partition coefficient (Wildman–Crippen LogP) is 3.27. The summed E-state index contributed by atoms with van der Waals surface area (Å²) in [5.74, 6) is -0.553. The molecule has 0 saturated heterocycles. The third-order valence-electron chi connectivity index (χ3n) is 3.01. The fourth-order valence-electron chi connectivity index (χ4n) is 2.00. The maximum absolute atomic E-state index is 13.2. The molecule has 2 aromatic carbocycles. The molecule has 112 valence electrons. The van der Waals surface area contributed by atoms with Crippen LogP contribution in [0.2, 0.25) is 0 Å². The highest BCUT2D eigenvalue weighted by Crippen LogP contribution is 2.31. The van der Waals surface area contributed by atoms with Crippen LogP contribution in [-0.2, 0) is 13.2 Å². The number of nitrogens with one attached hydrogen (secondary N) is 1. The molecule has 0 bridgehead atoms. The lowest BCUT2D eigenvalue weighted by molar-refractivity contribution is 0.280. The number of hydrogen-bond acceptors (Lipinski definition) is 3. The number of halogens is 2. The average molecular weight is 293 g/mol. The summed E-state index contributed by atoms with van der Waals surface area (Å²) in [4.78, 5) is 0. The van der Waals surface area contributed by atoms with Crippen molar-refractivity contribution in [2.45, 2.75) is 13.2 Å². The lowest BCUT2D eigenvalue weighted by Gasteiger charge is -2.15. The molecular weight excluding hydrogens is 276 g/mol. The Kier molecular flexibility index (Phi) is 5.11. The van der Waals surface area contributed by atoms with E-state index in [4.69, 9.17) is 9.47 Å². The SMILES string of the molecule is CNCc1cccc(OC)c1OCc1ccc(F)c(F)c1. The van der Waals surface area contributed by atoms with Gasteiger partial charge in [-0.25, -0.2) is 8.78 Å². The minimum atomic E-state index is -0.883. The van der Waals surface area contributed by atoms with Gasteiger partial charge in [0.2, 0.25) is 0 Å². The zero-order valence-electron chi connectivity index (χ0n) is 12.0. The second-order valence-electron chi connectivity index (χ2n) is 4.52. The van der Waals surface area contributed by atoms with Crippen molar-refractivity contribution in [2.24, 2.45) is 0 Å². The fraction of sp³-hybridized carbons (Fsp3) is 0.250. The smallest absolute Gasteiger partial charge is 0.166 e. The second-order valence-corrected chi connectivity index (χ2v) is 4.52. The van der Waals surface area contributed by atoms with E-state index in [0.717, 1.165) is 17.7 Å². The van der Waals surface area contributed by atoms with Crippen molar-refractivity contribution < 1.29 is 18.3 Å². The van der Waals surface area contributed by atoms with Crippen LogP contribution in [0.4, 0.5) is 8.78 Å². The molecule has 5 heteroatoms. The molecule has 0 heterocycles. The molecule has 21 heavy (non-hydrogen) atoms. The van der Waals surface area contributed by atoms with Crippen LogP contribution in [0.15, 0.2) is 36.4 Å². The maximum atomic E-state index is 13.2. The van der Waals surface area contributed by atoms with Crippen molar-refractivity contribution >= 4 is 0 Å². The molecule has 3 nitrogen and oxygen atoms in total. The van der Waals surface area contributed by atoms with Crippen LogP contribution in [0.3, 0.4) is 0 Å². The molecule has 0 spiro atoms. The molecule has 0 radical (unpaired) electrons. The molecule has 0 amide bonds. The van der Waals surface area contributed by atoms with Crippen molar-refractivity contribution in [1.82, 2.24) is 5.32 Å². The van der Waals surface area contributed by atoms with Crippen molar-refractivity contribution in [3.05, 3.63) is 59.2 Å². The molecule has 0 atom stereocenters. The first kappa shape index (κ1) is 15.3. The molecule has 0 aliphatic rings. The van der Waals surface area contributed by atoms with Crippen molar-refractivity contribution in [3.8, 4) is 11.5 Å². The molecule has 0 saturated carbocycles. The Balaban J connectivity index is 2.20. The van der Waals surface area contributed by atoms with Crippen LogP contribution in [0, 0.1) is 11.6 Å². The Labute approximate surface area is 122 Å². The van der Waals surface area contributed by atoms with E-state index in [2.05, 4.69) is 5.32 Å². The van der Waals surface area contributed by atoms with Gasteiger partial charge in [0.1, 0.15) is 6.61 Å². The highest BCUT2D eigenvalue weighted by molar-refractivity contribution is 5.46. The summed E-state index contributed by atoms with van der Waals surface area (Å²) in [5, 5.41) is 3.05. The number of benzene rings is 2. The topological polar surface area (TPSA) is 30.5 Å². The van der Waals surface area contributed by atoms with Gasteiger partial charge in [-0.2, -0.15) is 0 Å². The normalized spacial score (nSPS) is 10.5. The Bertz CT molecular complexity index is 617. The van der Waals surface area contributed by atoms with Gasteiger partial charge in [0.15, 0.2) is 23.1 Å². The van der Waals surface area contributed by atoms with Gasteiger partial charge in [0, 0.05) is 12.1 Å². The van der Waals surface area contributed by atoms with Crippen LogP contribution >= 0.6 is 0 Å². The van der Waals surface area contributed by atoms with Gasteiger partial charge in [-0.1, -0.05) is 18.2 Å². The second kappa shape index (κ2) is 7.04. The number of hydrogen-bond donors (Lipinski definition) is 1. The van der Waals surface area contributed by atoms with E-state index < -0.39 is 11.6 Å². The van der Waals surface area contributed by atoms with Crippen molar-refractivity contribution in [2.75, 3.05) is 14.2 Å². The van der Waals surface area contributed by atoms with E-state index in [1.54, 1.807) is 13.2 Å². The number of methoxy groups -OCH3 is 1. The first-order valence-corrected chi connectivity index (χ1v) is 6.53. The molecule has 1 N–H and O–H groups in total. The van der Waals surface area contributed by atoms with Crippen molar-refractivity contribution in [1.29, 1.82) is 0 Å². The largest absolute Gasteiger partial charge is 0.493 e. The molecule has 0 fully saturated rings. The van der Waals surface area contributed by atoms with E-state index in [-0.39, 0.29) is 6.61 Å². The first-order chi connectivity index (χ1) is 10.2. The molecule has 2 aromatic rings. The van der Waals surface area contributed by atoms with Gasteiger partial charge >= 0.3 is 0 Å². The Hall–Kier alpha value is -2.14. The quantitative estimate of drug-likeness (QED) is 0.886. The molecule has 0 aliphatic heterocycles. The van der Waals surface area contributed by atoms with Gasteiger partial charge in [0.05, 0.1) is 7.11 Å². The lowest BCUT2D eigenvalue weighted by Crippen LogP contribution is -2.08. The number of para-hydroxylation sites is 1. The van der Waals surface area contributed by atoms with Crippen LogP contribution in [0.5, 0.6) is 11.5 Å². The minimum absolute atomic E-state index is 0.133. The van der Waals surface area contributed by atoms with Gasteiger partial charge in [-0.05, 0) is 30.8 Å². The Morgan fingerprint density at radius 2 is 1.90 bits per heavy atom. The number of ether oxygens (including phenoxy) is 2. The first-order valence-electron chi connectivity index (χ1n) is 6.53. The molecule has 0 aromatic heterocycles. The van der Waals surface area contributed by atoms with Crippen LogP contribution in [0.1, 0.15) is 11.1 Å². The highest BCUT2D eigenvalue weighted by atomic mass is 19.2. The summed E-state index contributed by atoms with van der Waals surface area (Å²) in [5.41, 5.74) is 1.48. The van der Waals surface area contributed by atoms with E-state index in [0.29, 0.717) is 23.6 Å². The third-order valence-corrected chi connectivity index (χ3v) is 3.01. The van der Waals surface area contributed by atoms with Gasteiger partial charge in [0.25, 0.3) is 0 Å². The molecular formula is C16H17F2NO2. The number of rotatable bonds is 6. The monoisotopic (exact) mass is 293 g/mol. The summed E-state index contributed by atoms with van der Waals surface area (Å²) in [6.45, 7) is 0.749. The van der Waals surface area contributed by atoms with E-state index >= 15 is 0 Å². The minimum Gasteiger partial charge on any atom is -0.493 e. The van der Waals surface area contributed by atoms with Crippen LogP contribution in [0.25, 0.3) is 0 Å². The molecule has 2 rings (SSSR count). The Morgan fingerprint density at radius 1 is 1.10 bits per heavy atom. The highest BCUT2D eigenvalue weighted by Gasteiger charge is 2.11. The average Bonchev–Trinajstić information content (AvgIpc) is 2.49. The van der Waals surface area contributed by atoms with E-state index in [1.807, 2.05) is 19.2 Å². The third kappa shape index (κ3) is 3.70. The molecule has 0 unspecified atom stereocenters. The lowest BCUT2D eigenvalue weighted by atomic mass is 10.1. The standard InChI is InChI=1S/C16H17F2NO2/c1-19-9-12-4-3-5-15(20-2)16(12)21-10-11-6-7-13(17)14(18)8-11/h3-8,19H,9-10H2,1-2H3. The zero-order chi connectivity index (χ0) is 15.2. The van der Waals surface area contributed by atoms with Crippen LogP contribution in [-0.4, -0.2) is 14.2 Å². The maximum Gasteiger partial charge on any atom is 0.166 e. The van der Waals surface area contributed by atoms with Gasteiger partial charge in [-0.3, -0.25) is 0 Å². The molecule has 0 aliphatic carbocycles. The summed E-state index contributed by atoms with van der Waals surface area (Å²) in [6.07, 6.45) is 0. The van der Waals surface area contributed by atoms with Gasteiger partial charge in [-0.15, -0.1) is 0 Å². The summed E-state index contributed by atoms with van der Waals surface area (Å²) in [7, 11) is 3.39. The van der Waals surface area contributed by atoms with Crippen LogP contribution < -0.4 is 14.8 Å².